The van der Waals surface area contributed by atoms with Crippen LogP contribution in [0.3, 0.4) is 0 Å². The van der Waals surface area contributed by atoms with Crippen molar-refractivity contribution >= 4 is 27.5 Å². The second-order valence-corrected chi connectivity index (χ2v) is 10.9. The molecule has 2 aliphatic rings. The molecule has 2 amide bonds. The van der Waals surface area contributed by atoms with E-state index >= 15 is 0 Å². The van der Waals surface area contributed by atoms with E-state index in [2.05, 4.69) is 5.32 Å². The van der Waals surface area contributed by atoms with E-state index < -0.39 is 15.9 Å². The molecule has 2 atom stereocenters. The fourth-order valence-corrected chi connectivity index (χ4v) is 6.52. The minimum absolute atomic E-state index is 0.00300. The first kappa shape index (κ1) is 24.2. The van der Waals surface area contributed by atoms with Crippen LogP contribution in [0.5, 0.6) is 5.75 Å². The van der Waals surface area contributed by atoms with E-state index in [1.165, 1.54) is 11.2 Å². The zero-order valence-corrected chi connectivity index (χ0v) is 20.6. The van der Waals surface area contributed by atoms with E-state index in [4.69, 9.17) is 4.74 Å². The van der Waals surface area contributed by atoms with Gasteiger partial charge >= 0.3 is 0 Å². The number of carbonyl (C=O) groups is 2. The van der Waals surface area contributed by atoms with Crippen molar-refractivity contribution in [2.45, 2.75) is 50.6 Å². The summed E-state index contributed by atoms with van der Waals surface area (Å²) in [5.74, 6) is 0.0661. The number of amides is 2. The maximum Gasteiger partial charge on any atom is 0.243 e. The van der Waals surface area contributed by atoms with Crippen LogP contribution in [0, 0.1) is 5.92 Å². The first-order valence-electron chi connectivity index (χ1n) is 11.5. The van der Waals surface area contributed by atoms with Gasteiger partial charge in [0.2, 0.25) is 21.8 Å². The molecule has 2 aliphatic heterocycles. The highest BCUT2D eigenvalue weighted by molar-refractivity contribution is 7.89. The predicted molar refractivity (Wildman–Crippen MR) is 129 cm³/mol. The quantitative estimate of drug-likeness (QED) is 0.679. The number of piperidine rings is 1. The van der Waals surface area contributed by atoms with Crippen LogP contribution in [-0.4, -0.2) is 50.8 Å². The van der Waals surface area contributed by atoms with Gasteiger partial charge < -0.3 is 15.0 Å². The van der Waals surface area contributed by atoms with Crippen molar-refractivity contribution in [3.63, 3.8) is 0 Å². The number of ether oxygens (including phenoxy) is 1. The second-order valence-electron chi connectivity index (χ2n) is 8.96. The molecule has 0 radical (unpaired) electrons. The summed E-state index contributed by atoms with van der Waals surface area (Å²) in [5.41, 5.74) is 2.49. The Bertz CT molecular complexity index is 1200. The molecule has 9 heteroatoms. The molecule has 182 valence electrons. The normalized spacial score (nSPS) is 20.6. The van der Waals surface area contributed by atoms with Crippen molar-refractivity contribution in [3.8, 4) is 5.75 Å². The molecule has 0 aromatic heterocycles. The summed E-state index contributed by atoms with van der Waals surface area (Å²) in [7, 11) is -2.17. The molecule has 0 saturated carbocycles. The Kier molecular flexibility index (Phi) is 6.95. The molecular formula is C25H31N3O5S. The van der Waals surface area contributed by atoms with Crippen LogP contribution < -0.4 is 15.0 Å². The summed E-state index contributed by atoms with van der Waals surface area (Å²) in [5, 5.41) is 2.93. The molecular weight excluding hydrogens is 454 g/mol. The van der Waals surface area contributed by atoms with E-state index in [0.29, 0.717) is 38.1 Å². The van der Waals surface area contributed by atoms with Gasteiger partial charge in [-0.3, -0.25) is 9.59 Å². The Morgan fingerprint density at radius 2 is 1.94 bits per heavy atom. The molecule has 1 saturated heterocycles. The van der Waals surface area contributed by atoms with Gasteiger partial charge in [0.25, 0.3) is 0 Å². The van der Waals surface area contributed by atoms with Gasteiger partial charge in [0.1, 0.15) is 5.75 Å². The molecule has 0 spiro atoms. The standard InChI is InChI=1S/C25H31N3O5S/c1-17-13-21-14-22(10-11-23(21)28(17)18(2)29)34(31,32)27-12-6-8-20(16-27)25(30)26-15-19-7-4-5-9-24(19)33-3/h4-5,7,9-11,14,17,20H,6,8,12-13,15-16H2,1-3H3,(H,26,30)/t17-,20+/m1/s1. The third kappa shape index (κ3) is 4.67. The van der Waals surface area contributed by atoms with Gasteiger partial charge in [-0.2, -0.15) is 4.31 Å². The lowest BCUT2D eigenvalue weighted by atomic mass is 9.98. The first-order valence-corrected chi connectivity index (χ1v) is 13.0. The molecule has 8 nitrogen and oxygen atoms in total. The van der Waals surface area contributed by atoms with Crippen LogP contribution >= 0.6 is 0 Å². The summed E-state index contributed by atoms with van der Waals surface area (Å²) < 4.78 is 33.6. The summed E-state index contributed by atoms with van der Waals surface area (Å²) in [6, 6.07) is 12.4. The van der Waals surface area contributed by atoms with Gasteiger partial charge in [-0.05, 0) is 56.0 Å². The van der Waals surface area contributed by atoms with Crippen LogP contribution in [0.15, 0.2) is 47.4 Å². The topological polar surface area (TPSA) is 96.0 Å². The van der Waals surface area contributed by atoms with Gasteiger partial charge in [0.05, 0.1) is 17.9 Å². The minimum atomic E-state index is -3.75. The average molecular weight is 486 g/mol. The largest absolute Gasteiger partial charge is 0.496 e. The van der Waals surface area contributed by atoms with Crippen molar-refractivity contribution in [1.82, 2.24) is 9.62 Å². The Morgan fingerprint density at radius 3 is 2.68 bits per heavy atom. The molecule has 0 unspecified atom stereocenters. The summed E-state index contributed by atoms with van der Waals surface area (Å²) in [4.78, 5) is 26.8. The van der Waals surface area contributed by atoms with E-state index in [1.807, 2.05) is 31.2 Å². The third-order valence-corrected chi connectivity index (χ3v) is 8.51. The smallest absolute Gasteiger partial charge is 0.243 e. The van der Waals surface area contributed by atoms with E-state index in [1.54, 1.807) is 30.2 Å². The SMILES string of the molecule is COc1ccccc1CNC(=O)[C@H]1CCCN(S(=O)(=O)c2ccc3c(c2)C[C@@H](C)N3C(C)=O)C1. The number of carbonyl (C=O) groups excluding carboxylic acids is 2. The lowest BCUT2D eigenvalue weighted by molar-refractivity contribution is -0.126. The Morgan fingerprint density at radius 1 is 1.18 bits per heavy atom. The number of benzene rings is 2. The van der Waals surface area contributed by atoms with Crippen molar-refractivity contribution in [3.05, 3.63) is 53.6 Å². The lowest BCUT2D eigenvalue weighted by Gasteiger charge is -2.31. The monoisotopic (exact) mass is 485 g/mol. The zero-order chi connectivity index (χ0) is 24.5. The number of hydrogen-bond donors (Lipinski definition) is 1. The Hall–Kier alpha value is -2.91. The zero-order valence-electron chi connectivity index (χ0n) is 19.8. The predicted octanol–water partition coefficient (Wildman–Crippen LogP) is 2.71. The number of hydrogen-bond acceptors (Lipinski definition) is 5. The van der Waals surface area contributed by atoms with Gasteiger partial charge in [0, 0.05) is 43.9 Å². The minimum Gasteiger partial charge on any atom is -0.496 e. The maximum absolute atomic E-state index is 13.4. The molecule has 1 fully saturated rings. The number of rotatable bonds is 6. The third-order valence-electron chi connectivity index (χ3n) is 6.64. The highest BCUT2D eigenvalue weighted by Crippen LogP contribution is 2.35. The van der Waals surface area contributed by atoms with E-state index in [0.717, 1.165) is 16.8 Å². The number of para-hydroxylation sites is 1. The lowest BCUT2D eigenvalue weighted by Crippen LogP contribution is -2.45. The maximum atomic E-state index is 13.4. The van der Waals surface area contributed by atoms with Gasteiger partial charge in [-0.1, -0.05) is 18.2 Å². The molecule has 0 aliphatic carbocycles. The van der Waals surface area contributed by atoms with Crippen LogP contribution in [0.1, 0.15) is 37.8 Å². The molecule has 4 rings (SSSR count). The molecule has 2 aromatic rings. The number of anilines is 1. The first-order chi connectivity index (χ1) is 16.2. The fourth-order valence-electron chi connectivity index (χ4n) is 4.95. The van der Waals surface area contributed by atoms with Crippen molar-refractivity contribution in [1.29, 1.82) is 0 Å². The van der Waals surface area contributed by atoms with Gasteiger partial charge in [0.15, 0.2) is 0 Å². The number of methoxy groups -OCH3 is 1. The summed E-state index contributed by atoms with van der Waals surface area (Å²) in [6.45, 7) is 4.32. The molecule has 2 aromatic carbocycles. The number of fused-ring (bicyclic) bond motifs is 1. The molecule has 0 bridgehead atoms. The van der Waals surface area contributed by atoms with Crippen LogP contribution in [0.25, 0.3) is 0 Å². The second kappa shape index (κ2) is 9.76. The molecule has 34 heavy (non-hydrogen) atoms. The summed E-state index contributed by atoms with van der Waals surface area (Å²) in [6.07, 6.45) is 1.87. The molecule has 1 N–H and O–H groups in total. The van der Waals surface area contributed by atoms with Gasteiger partial charge in [-0.25, -0.2) is 8.42 Å². The highest BCUT2D eigenvalue weighted by Gasteiger charge is 2.35. The Labute approximate surface area is 200 Å². The highest BCUT2D eigenvalue weighted by atomic mass is 32.2. The van der Waals surface area contributed by atoms with Crippen molar-refractivity contribution < 1.29 is 22.7 Å². The molecule has 2 heterocycles. The van der Waals surface area contributed by atoms with Crippen LogP contribution in [-0.2, 0) is 32.6 Å². The number of nitrogens with one attached hydrogen (secondary N) is 1. The average Bonchev–Trinajstić information content (AvgIpc) is 3.17. The Balaban J connectivity index is 1.46. The van der Waals surface area contributed by atoms with Crippen LogP contribution in [0.2, 0.25) is 0 Å². The fraction of sp³-hybridized carbons (Fsp3) is 0.440. The van der Waals surface area contributed by atoms with E-state index in [9.17, 15) is 18.0 Å². The van der Waals surface area contributed by atoms with E-state index in [-0.39, 0.29) is 29.3 Å². The van der Waals surface area contributed by atoms with Crippen molar-refractivity contribution in [2.24, 2.45) is 5.92 Å². The summed E-state index contributed by atoms with van der Waals surface area (Å²) >= 11 is 0. The number of sulfonamides is 1. The number of nitrogens with zero attached hydrogens (tertiary/aromatic N) is 2. The van der Waals surface area contributed by atoms with Crippen LogP contribution in [0.4, 0.5) is 5.69 Å². The van der Waals surface area contributed by atoms with Gasteiger partial charge in [-0.15, -0.1) is 0 Å². The van der Waals surface area contributed by atoms with Crippen molar-refractivity contribution in [2.75, 3.05) is 25.1 Å².